The largest absolute Gasteiger partial charge is 0.382 e. The molecule has 0 atom stereocenters. The summed E-state index contributed by atoms with van der Waals surface area (Å²) in [6.07, 6.45) is 0.0501. The van der Waals surface area contributed by atoms with Crippen LogP contribution in [0.4, 0.5) is 10.9 Å². The second kappa shape index (κ2) is 6.08. The lowest BCUT2D eigenvalue weighted by Gasteiger charge is -2.24. The second-order valence-electron chi connectivity index (χ2n) is 5.51. The fourth-order valence-corrected chi connectivity index (χ4v) is 2.57. The van der Waals surface area contributed by atoms with Crippen molar-refractivity contribution in [3.05, 3.63) is 4.88 Å². The number of hydrogen-bond donors (Lipinski definition) is 4. The van der Waals surface area contributed by atoms with Gasteiger partial charge in [-0.05, 0) is 27.7 Å². The molecule has 7 nitrogen and oxygen atoms in total. The maximum atomic E-state index is 12.2. The molecular weight excluding hydrogens is 278 g/mol. The SMILES string of the molecule is CC(C)Nc1nc(N)c(C(=O)NC(C)(C)CC(N)=O)s1. The van der Waals surface area contributed by atoms with Crippen LogP contribution in [0.25, 0.3) is 0 Å². The number of nitrogens with one attached hydrogen (secondary N) is 2. The van der Waals surface area contributed by atoms with E-state index in [-0.39, 0.29) is 24.2 Å². The summed E-state index contributed by atoms with van der Waals surface area (Å²) < 4.78 is 0. The highest BCUT2D eigenvalue weighted by molar-refractivity contribution is 7.18. The highest BCUT2D eigenvalue weighted by Gasteiger charge is 2.26. The Labute approximate surface area is 122 Å². The Bertz CT molecular complexity index is 510. The van der Waals surface area contributed by atoms with Crippen LogP contribution < -0.4 is 22.1 Å². The number of aromatic nitrogens is 1. The van der Waals surface area contributed by atoms with Gasteiger partial charge in [-0.2, -0.15) is 0 Å². The van der Waals surface area contributed by atoms with Gasteiger partial charge in [-0.3, -0.25) is 9.59 Å². The average Bonchev–Trinajstić information content (AvgIpc) is 2.55. The standard InChI is InChI=1S/C12H21N5O2S/c1-6(2)15-11-16-9(14)8(20-11)10(19)17-12(3,4)5-7(13)18/h6H,5,14H2,1-4H3,(H2,13,18)(H,15,16)(H,17,19). The summed E-state index contributed by atoms with van der Waals surface area (Å²) in [6.45, 7) is 7.38. The van der Waals surface area contributed by atoms with Crippen LogP contribution in [0.3, 0.4) is 0 Å². The lowest BCUT2D eigenvalue weighted by Crippen LogP contribution is -2.45. The van der Waals surface area contributed by atoms with Crippen LogP contribution in [0.5, 0.6) is 0 Å². The molecule has 0 aliphatic rings. The van der Waals surface area contributed by atoms with Crippen LogP contribution in [0.1, 0.15) is 43.8 Å². The van der Waals surface area contributed by atoms with Crippen molar-refractivity contribution >= 4 is 34.1 Å². The van der Waals surface area contributed by atoms with Gasteiger partial charge in [0.2, 0.25) is 5.91 Å². The van der Waals surface area contributed by atoms with E-state index in [4.69, 9.17) is 11.5 Å². The topological polar surface area (TPSA) is 123 Å². The van der Waals surface area contributed by atoms with Crippen LogP contribution in [0.2, 0.25) is 0 Å². The first kappa shape index (κ1) is 16.2. The summed E-state index contributed by atoms with van der Waals surface area (Å²) >= 11 is 1.18. The van der Waals surface area contributed by atoms with Gasteiger partial charge in [-0.1, -0.05) is 11.3 Å². The lowest BCUT2D eigenvalue weighted by atomic mass is 10.0. The summed E-state index contributed by atoms with van der Waals surface area (Å²) in [5, 5.41) is 6.42. The van der Waals surface area contributed by atoms with Gasteiger partial charge >= 0.3 is 0 Å². The first-order valence-corrected chi connectivity index (χ1v) is 7.06. The number of nitrogen functional groups attached to an aromatic ring is 1. The first-order valence-electron chi connectivity index (χ1n) is 6.24. The van der Waals surface area contributed by atoms with Crippen LogP contribution in [-0.2, 0) is 4.79 Å². The van der Waals surface area contributed by atoms with Gasteiger partial charge in [0.1, 0.15) is 10.7 Å². The van der Waals surface area contributed by atoms with Crippen molar-refractivity contribution in [3.8, 4) is 0 Å². The molecule has 0 aliphatic carbocycles. The Kier molecular flexibility index (Phi) is 4.93. The van der Waals surface area contributed by atoms with Crippen LogP contribution in [0.15, 0.2) is 0 Å². The molecule has 0 aliphatic heterocycles. The summed E-state index contributed by atoms with van der Waals surface area (Å²) in [7, 11) is 0. The number of anilines is 2. The van der Waals surface area contributed by atoms with Gasteiger partial charge < -0.3 is 22.1 Å². The maximum Gasteiger partial charge on any atom is 0.265 e. The summed E-state index contributed by atoms with van der Waals surface area (Å²) in [5.41, 5.74) is 10.2. The zero-order valence-corrected chi connectivity index (χ0v) is 12.9. The van der Waals surface area contributed by atoms with Gasteiger partial charge in [0.25, 0.3) is 5.91 Å². The molecule has 0 bridgehead atoms. The Morgan fingerprint density at radius 2 is 2.00 bits per heavy atom. The minimum Gasteiger partial charge on any atom is -0.382 e. The van der Waals surface area contributed by atoms with Crippen molar-refractivity contribution in [1.82, 2.24) is 10.3 Å². The van der Waals surface area contributed by atoms with Crippen molar-refractivity contribution in [3.63, 3.8) is 0 Å². The van der Waals surface area contributed by atoms with E-state index < -0.39 is 11.4 Å². The zero-order chi connectivity index (χ0) is 15.5. The molecule has 6 N–H and O–H groups in total. The molecule has 0 aromatic carbocycles. The third-order valence-electron chi connectivity index (χ3n) is 2.34. The van der Waals surface area contributed by atoms with E-state index in [2.05, 4.69) is 15.6 Å². The zero-order valence-electron chi connectivity index (χ0n) is 12.1. The third kappa shape index (κ3) is 4.69. The molecule has 1 aromatic heterocycles. The number of amides is 2. The van der Waals surface area contributed by atoms with E-state index in [0.717, 1.165) is 0 Å². The Hall–Kier alpha value is -1.83. The van der Waals surface area contributed by atoms with Crippen molar-refractivity contribution in [2.45, 2.75) is 45.7 Å². The fourth-order valence-electron chi connectivity index (χ4n) is 1.65. The number of primary amides is 1. The maximum absolute atomic E-state index is 12.2. The lowest BCUT2D eigenvalue weighted by molar-refractivity contribution is -0.119. The number of rotatable bonds is 6. The number of carbonyl (C=O) groups is 2. The molecule has 0 unspecified atom stereocenters. The predicted octanol–water partition coefficient (Wildman–Crippen LogP) is 0.929. The Morgan fingerprint density at radius 1 is 1.40 bits per heavy atom. The van der Waals surface area contributed by atoms with Crippen molar-refractivity contribution in [1.29, 1.82) is 0 Å². The summed E-state index contributed by atoms with van der Waals surface area (Å²) in [6, 6.07) is 0.197. The molecule has 8 heteroatoms. The summed E-state index contributed by atoms with van der Waals surface area (Å²) in [5.74, 6) is -0.664. The summed E-state index contributed by atoms with van der Waals surface area (Å²) in [4.78, 5) is 27.5. The molecule has 0 fully saturated rings. The van der Waals surface area contributed by atoms with Crippen LogP contribution >= 0.6 is 11.3 Å². The molecule has 1 aromatic rings. The van der Waals surface area contributed by atoms with E-state index in [1.54, 1.807) is 13.8 Å². The van der Waals surface area contributed by atoms with Gasteiger partial charge in [-0.15, -0.1) is 0 Å². The smallest absolute Gasteiger partial charge is 0.265 e. The van der Waals surface area contributed by atoms with E-state index in [1.165, 1.54) is 11.3 Å². The molecule has 20 heavy (non-hydrogen) atoms. The van der Waals surface area contributed by atoms with Gasteiger partial charge in [-0.25, -0.2) is 4.98 Å². The minimum atomic E-state index is -0.731. The molecule has 0 saturated heterocycles. The minimum absolute atomic E-state index is 0.0501. The fraction of sp³-hybridized carbons (Fsp3) is 0.583. The van der Waals surface area contributed by atoms with Crippen molar-refractivity contribution in [2.75, 3.05) is 11.1 Å². The van der Waals surface area contributed by atoms with Crippen LogP contribution in [0, 0.1) is 0 Å². The second-order valence-corrected chi connectivity index (χ2v) is 6.51. The molecule has 1 rings (SSSR count). The molecule has 0 saturated carbocycles. The first-order chi connectivity index (χ1) is 9.10. The molecule has 112 valence electrons. The molecular formula is C12H21N5O2S. The van der Waals surface area contributed by atoms with Gasteiger partial charge in [0.05, 0.1) is 0 Å². The monoisotopic (exact) mass is 299 g/mol. The highest BCUT2D eigenvalue weighted by Crippen LogP contribution is 2.26. The average molecular weight is 299 g/mol. The Morgan fingerprint density at radius 3 is 2.50 bits per heavy atom. The normalized spacial score (nSPS) is 11.4. The van der Waals surface area contributed by atoms with E-state index in [1.807, 2.05) is 13.8 Å². The Balaban J connectivity index is 2.82. The molecule has 2 amide bonds. The molecule has 0 spiro atoms. The third-order valence-corrected chi connectivity index (χ3v) is 3.34. The van der Waals surface area contributed by atoms with E-state index >= 15 is 0 Å². The molecule has 0 radical (unpaired) electrons. The molecule has 1 heterocycles. The number of carbonyl (C=O) groups excluding carboxylic acids is 2. The highest BCUT2D eigenvalue weighted by atomic mass is 32.1. The number of thiazole rings is 1. The van der Waals surface area contributed by atoms with E-state index in [9.17, 15) is 9.59 Å². The van der Waals surface area contributed by atoms with Gasteiger partial charge in [0, 0.05) is 18.0 Å². The number of hydrogen-bond acceptors (Lipinski definition) is 6. The van der Waals surface area contributed by atoms with Gasteiger partial charge in [0.15, 0.2) is 5.13 Å². The van der Waals surface area contributed by atoms with Crippen molar-refractivity contribution in [2.24, 2.45) is 5.73 Å². The van der Waals surface area contributed by atoms with E-state index in [0.29, 0.717) is 10.0 Å². The number of nitrogens with zero attached hydrogens (tertiary/aromatic N) is 1. The van der Waals surface area contributed by atoms with Crippen molar-refractivity contribution < 1.29 is 9.59 Å². The van der Waals surface area contributed by atoms with Crippen LogP contribution in [-0.4, -0.2) is 28.4 Å². The number of nitrogens with two attached hydrogens (primary N) is 2. The predicted molar refractivity (Wildman–Crippen MR) is 80.6 cm³/mol. The quantitative estimate of drug-likeness (QED) is 0.622.